The molecule has 110 valence electrons. The molecule has 0 bridgehead atoms. The van der Waals surface area contributed by atoms with Crippen molar-refractivity contribution in [2.24, 2.45) is 0 Å². The molecule has 1 N–H and O–H groups in total. The van der Waals surface area contributed by atoms with E-state index in [0.29, 0.717) is 16.8 Å². The number of aromatic amines is 1. The predicted octanol–water partition coefficient (Wildman–Crippen LogP) is 2.01. The van der Waals surface area contributed by atoms with Crippen molar-refractivity contribution >= 4 is 39.2 Å². The smallest absolute Gasteiger partial charge is 0.290 e. The van der Waals surface area contributed by atoms with E-state index in [4.69, 9.17) is 0 Å². The Kier molecular flexibility index (Phi) is 3.08. The van der Waals surface area contributed by atoms with E-state index in [1.807, 2.05) is 6.92 Å². The molecular weight excluding hydrogens is 306 g/mol. The van der Waals surface area contributed by atoms with Gasteiger partial charge in [0.15, 0.2) is 0 Å². The molecule has 2 aliphatic rings. The van der Waals surface area contributed by atoms with Crippen molar-refractivity contribution in [3.8, 4) is 0 Å². The summed E-state index contributed by atoms with van der Waals surface area (Å²) in [6.07, 6.45) is 3.09. The lowest BCUT2D eigenvalue weighted by atomic mass is 10.2. The molecular formula is C14H15N3O2S2. The van der Waals surface area contributed by atoms with Crippen LogP contribution in [0.3, 0.4) is 0 Å². The molecule has 2 aromatic heterocycles. The fraction of sp³-hybridized carbons (Fsp3) is 0.500. The lowest BCUT2D eigenvalue weighted by Gasteiger charge is -2.19. The number of rotatable bonds is 1. The zero-order valence-corrected chi connectivity index (χ0v) is 13.3. The van der Waals surface area contributed by atoms with Crippen molar-refractivity contribution in [1.29, 1.82) is 0 Å². The van der Waals surface area contributed by atoms with Crippen molar-refractivity contribution < 1.29 is 4.79 Å². The summed E-state index contributed by atoms with van der Waals surface area (Å²) < 4.78 is 0. The third kappa shape index (κ3) is 2.02. The molecule has 5 nitrogen and oxygen atoms in total. The summed E-state index contributed by atoms with van der Waals surface area (Å²) in [6.45, 7) is 2.72. The second kappa shape index (κ2) is 4.84. The standard InChI is InChI=1S/C14H15N3O2S2/c1-7-17(5-6-20-7)14(19)11-15-12(18)10-8-3-2-4-9(8)21-13(10)16-11/h7H,2-6H2,1H3,(H,15,16,18). The summed E-state index contributed by atoms with van der Waals surface area (Å²) in [5.74, 6) is 0.953. The van der Waals surface area contributed by atoms with E-state index in [9.17, 15) is 9.59 Å². The zero-order chi connectivity index (χ0) is 14.6. The van der Waals surface area contributed by atoms with Gasteiger partial charge in [-0.15, -0.1) is 23.1 Å². The number of amides is 1. The van der Waals surface area contributed by atoms with Crippen LogP contribution < -0.4 is 5.56 Å². The van der Waals surface area contributed by atoms with Gasteiger partial charge in [-0.1, -0.05) is 0 Å². The molecule has 2 aromatic rings. The largest absolute Gasteiger partial charge is 0.323 e. The third-order valence-corrected chi connectivity index (χ3v) is 6.51. The number of aryl methyl sites for hydroxylation is 2. The maximum atomic E-state index is 12.5. The lowest BCUT2D eigenvalue weighted by molar-refractivity contribution is 0.0756. The first-order chi connectivity index (χ1) is 10.1. The Morgan fingerprint density at radius 1 is 1.43 bits per heavy atom. The van der Waals surface area contributed by atoms with Gasteiger partial charge < -0.3 is 9.88 Å². The number of fused-ring (bicyclic) bond motifs is 3. The predicted molar refractivity (Wildman–Crippen MR) is 85.2 cm³/mol. The Morgan fingerprint density at radius 3 is 3.05 bits per heavy atom. The van der Waals surface area contributed by atoms with Gasteiger partial charge in [0.1, 0.15) is 4.83 Å². The molecule has 0 aromatic carbocycles. The van der Waals surface area contributed by atoms with Crippen LogP contribution in [0.25, 0.3) is 10.2 Å². The van der Waals surface area contributed by atoms with Crippen LogP contribution in [0.2, 0.25) is 0 Å². The normalized spacial score (nSPS) is 21.2. The molecule has 1 saturated heterocycles. The minimum absolute atomic E-state index is 0.145. The van der Waals surface area contributed by atoms with Crippen molar-refractivity contribution in [2.45, 2.75) is 31.6 Å². The van der Waals surface area contributed by atoms with Gasteiger partial charge in [-0.3, -0.25) is 9.59 Å². The number of nitrogens with one attached hydrogen (secondary N) is 1. The van der Waals surface area contributed by atoms with Gasteiger partial charge in [-0.05, 0) is 31.7 Å². The molecule has 0 saturated carbocycles. The van der Waals surface area contributed by atoms with Crippen LogP contribution >= 0.6 is 23.1 Å². The third-order valence-electron chi connectivity index (χ3n) is 4.17. The van der Waals surface area contributed by atoms with Gasteiger partial charge in [0, 0.05) is 17.2 Å². The first kappa shape index (κ1) is 13.3. The van der Waals surface area contributed by atoms with E-state index < -0.39 is 0 Å². The van der Waals surface area contributed by atoms with Gasteiger partial charge in [0.05, 0.1) is 10.8 Å². The van der Waals surface area contributed by atoms with Crippen LogP contribution in [0.1, 0.15) is 34.4 Å². The zero-order valence-electron chi connectivity index (χ0n) is 11.6. The monoisotopic (exact) mass is 321 g/mol. The Bertz CT molecular complexity index is 795. The van der Waals surface area contributed by atoms with Crippen molar-refractivity contribution in [1.82, 2.24) is 14.9 Å². The Balaban J connectivity index is 1.80. The van der Waals surface area contributed by atoms with Crippen molar-refractivity contribution in [3.63, 3.8) is 0 Å². The Labute approximate surface area is 129 Å². The lowest BCUT2D eigenvalue weighted by Crippen LogP contribution is -2.35. The highest BCUT2D eigenvalue weighted by Crippen LogP contribution is 2.34. The van der Waals surface area contributed by atoms with Crippen LogP contribution in [0.5, 0.6) is 0 Å². The van der Waals surface area contributed by atoms with Crippen molar-refractivity contribution in [2.75, 3.05) is 12.3 Å². The van der Waals surface area contributed by atoms with Gasteiger partial charge in [-0.2, -0.15) is 0 Å². The highest BCUT2D eigenvalue weighted by atomic mass is 32.2. The second-order valence-electron chi connectivity index (χ2n) is 5.42. The topological polar surface area (TPSA) is 66.1 Å². The fourth-order valence-corrected chi connectivity index (χ4v) is 5.39. The molecule has 1 aliphatic carbocycles. The van der Waals surface area contributed by atoms with Gasteiger partial charge in [-0.25, -0.2) is 4.98 Å². The average molecular weight is 321 g/mol. The summed E-state index contributed by atoms with van der Waals surface area (Å²) >= 11 is 3.31. The summed E-state index contributed by atoms with van der Waals surface area (Å²) in [4.78, 5) is 35.8. The summed E-state index contributed by atoms with van der Waals surface area (Å²) in [7, 11) is 0. The SMILES string of the molecule is CC1SCCN1C(=O)c1nc2sc3c(c2c(=O)[nH]1)CCC3. The summed E-state index contributed by atoms with van der Waals surface area (Å²) in [5.41, 5.74) is 0.982. The number of carbonyl (C=O) groups excluding carboxylic acids is 1. The van der Waals surface area contributed by atoms with E-state index in [2.05, 4.69) is 9.97 Å². The second-order valence-corrected chi connectivity index (χ2v) is 7.93. The highest BCUT2D eigenvalue weighted by molar-refractivity contribution is 8.00. The minimum Gasteiger partial charge on any atom is -0.323 e. The maximum Gasteiger partial charge on any atom is 0.290 e. The summed E-state index contributed by atoms with van der Waals surface area (Å²) in [6, 6.07) is 0. The molecule has 1 fully saturated rings. The fourth-order valence-electron chi connectivity index (χ4n) is 3.10. The number of H-pyrrole nitrogens is 1. The number of thioether (sulfide) groups is 1. The molecule has 0 spiro atoms. The number of hydrogen-bond acceptors (Lipinski definition) is 5. The van der Waals surface area contributed by atoms with Gasteiger partial charge in [0.2, 0.25) is 5.82 Å². The van der Waals surface area contributed by atoms with Gasteiger partial charge in [0.25, 0.3) is 11.5 Å². The number of carbonyl (C=O) groups is 1. The van der Waals surface area contributed by atoms with E-state index in [0.717, 1.165) is 30.6 Å². The summed E-state index contributed by atoms with van der Waals surface area (Å²) in [5, 5.41) is 0.847. The molecule has 1 atom stereocenters. The number of aromatic nitrogens is 2. The molecule has 1 aliphatic heterocycles. The number of thiophene rings is 1. The first-order valence-corrected chi connectivity index (χ1v) is 8.99. The van der Waals surface area contributed by atoms with Crippen LogP contribution in [0, 0.1) is 0 Å². The quantitative estimate of drug-likeness (QED) is 0.872. The maximum absolute atomic E-state index is 12.5. The van der Waals surface area contributed by atoms with E-state index in [1.165, 1.54) is 4.88 Å². The van der Waals surface area contributed by atoms with Crippen LogP contribution in [-0.4, -0.2) is 38.4 Å². The number of nitrogens with zero attached hydrogens (tertiary/aromatic N) is 2. The van der Waals surface area contributed by atoms with Crippen molar-refractivity contribution in [3.05, 3.63) is 26.6 Å². The molecule has 3 heterocycles. The molecule has 4 rings (SSSR count). The van der Waals surface area contributed by atoms with Crippen LogP contribution in [0.15, 0.2) is 4.79 Å². The van der Waals surface area contributed by atoms with Crippen LogP contribution in [0.4, 0.5) is 0 Å². The van der Waals surface area contributed by atoms with E-state index in [-0.39, 0.29) is 22.7 Å². The molecule has 1 amide bonds. The minimum atomic E-state index is -0.167. The van der Waals surface area contributed by atoms with E-state index >= 15 is 0 Å². The van der Waals surface area contributed by atoms with Gasteiger partial charge >= 0.3 is 0 Å². The Morgan fingerprint density at radius 2 is 2.29 bits per heavy atom. The first-order valence-electron chi connectivity index (χ1n) is 7.12. The molecule has 0 radical (unpaired) electrons. The molecule has 21 heavy (non-hydrogen) atoms. The number of hydrogen-bond donors (Lipinski definition) is 1. The Hall–Kier alpha value is -1.34. The van der Waals surface area contributed by atoms with E-state index in [1.54, 1.807) is 28.0 Å². The molecule has 1 unspecified atom stereocenters. The molecule has 7 heteroatoms. The average Bonchev–Trinajstić information content (AvgIpc) is 3.12. The highest BCUT2D eigenvalue weighted by Gasteiger charge is 2.29. The van der Waals surface area contributed by atoms with Crippen LogP contribution in [-0.2, 0) is 12.8 Å².